The predicted molar refractivity (Wildman–Crippen MR) is 62.6 cm³/mol. The number of hydrogen-bond acceptors (Lipinski definition) is 0. The van der Waals surface area contributed by atoms with E-state index in [-0.39, 0.29) is 0 Å². The molecule has 2 heteroatoms. The molecule has 0 spiro atoms. The fourth-order valence-electron chi connectivity index (χ4n) is 1.63. The molecule has 0 aliphatic rings. The van der Waals surface area contributed by atoms with Crippen molar-refractivity contribution in [3.05, 3.63) is 0 Å². The van der Waals surface area contributed by atoms with Crippen LogP contribution in [0, 0.1) is 12.5 Å². The zero-order chi connectivity index (χ0) is 11.2. The van der Waals surface area contributed by atoms with Crippen molar-refractivity contribution in [2.45, 2.75) is 20.3 Å². The molecule has 0 heterocycles. The lowest BCUT2D eigenvalue weighted by molar-refractivity contribution is -0.885. The molecule has 0 aromatic carbocycles. The van der Waals surface area contributed by atoms with E-state index in [9.17, 15) is 0 Å². The van der Waals surface area contributed by atoms with E-state index >= 15 is 0 Å². The second-order valence-corrected chi connectivity index (χ2v) is 5.00. The molecule has 0 atom stereocenters. The molecular weight excluding hydrogens is 172 g/mol. The topological polar surface area (TPSA) is 0 Å². The molecule has 0 N–H and O–H groups in total. The highest BCUT2D eigenvalue weighted by atomic mass is 15.3. The standard InChI is InChI=1S/C12H26N2/c1-7-14(8-2,9-3)12-10-11-13(4,5)6/h1H,8-12H2,2-6H3/q+2. The lowest BCUT2D eigenvalue weighted by Gasteiger charge is -2.31. The monoisotopic (exact) mass is 198 g/mol. The third-order valence-corrected chi connectivity index (χ3v) is 2.90. The summed E-state index contributed by atoms with van der Waals surface area (Å²) in [4.78, 5) is 0. The Kier molecular flexibility index (Phi) is 5.18. The summed E-state index contributed by atoms with van der Waals surface area (Å²) in [5.41, 5.74) is 0. The van der Waals surface area contributed by atoms with E-state index < -0.39 is 0 Å². The van der Waals surface area contributed by atoms with E-state index in [0.29, 0.717) is 0 Å². The summed E-state index contributed by atoms with van der Waals surface area (Å²) in [7, 11) is 6.67. The van der Waals surface area contributed by atoms with Crippen molar-refractivity contribution < 1.29 is 8.97 Å². The van der Waals surface area contributed by atoms with Gasteiger partial charge < -0.3 is 4.48 Å². The maximum absolute atomic E-state index is 5.60. The summed E-state index contributed by atoms with van der Waals surface area (Å²) in [6.07, 6.45) is 6.80. The Morgan fingerprint density at radius 3 is 1.79 bits per heavy atom. The number of nitrogens with zero attached hydrogens (tertiary/aromatic N) is 2. The van der Waals surface area contributed by atoms with Crippen LogP contribution in [0.4, 0.5) is 0 Å². The number of quaternary nitrogens is 2. The first-order valence-corrected chi connectivity index (χ1v) is 5.53. The summed E-state index contributed by atoms with van der Waals surface area (Å²) >= 11 is 0. The molecule has 0 aromatic rings. The van der Waals surface area contributed by atoms with E-state index in [1.165, 1.54) is 13.0 Å². The molecule has 0 aliphatic carbocycles. The van der Waals surface area contributed by atoms with Crippen molar-refractivity contribution in [1.29, 1.82) is 0 Å². The molecule has 82 valence electrons. The summed E-state index contributed by atoms with van der Waals surface area (Å²) in [6, 6.07) is 2.93. The van der Waals surface area contributed by atoms with E-state index in [0.717, 1.165) is 28.6 Å². The van der Waals surface area contributed by atoms with Crippen molar-refractivity contribution in [2.75, 3.05) is 47.3 Å². The first kappa shape index (κ1) is 13.5. The Bertz CT molecular complexity index is 191. The summed E-state index contributed by atoms with van der Waals surface area (Å²) in [5.74, 6) is 0. The Labute approximate surface area is 89.7 Å². The SMILES string of the molecule is C#C[N+](CC)(CC)CCC[N+](C)(C)C. The second kappa shape index (κ2) is 5.38. The maximum atomic E-state index is 5.60. The largest absolute Gasteiger partial charge is 0.331 e. The zero-order valence-electron chi connectivity index (χ0n) is 10.5. The van der Waals surface area contributed by atoms with Gasteiger partial charge in [0.1, 0.15) is 6.04 Å². The molecular formula is C12H26N2+2. The molecule has 0 amide bonds. The average Bonchev–Trinajstić information content (AvgIpc) is 2.11. The smallest absolute Gasteiger partial charge is 0.133 e. The minimum absolute atomic E-state index is 0.819. The predicted octanol–water partition coefficient (Wildman–Crippen LogP) is 1.53. The van der Waals surface area contributed by atoms with Crippen molar-refractivity contribution in [3.63, 3.8) is 0 Å². The van der Waals surface area contributed by atoms with E-state index in [1.807, 2.05) is 0 Å². The first-order valence-electron chi connectivity index (χ1n) is 5.53. The van der Waals surface area contributed by atoms with Crippen molar-refractivity contribution in [1.82, 2.24) is 0 Å². The van der Waals surface area contributed by atoms with Crippen LogP contribution in [0.25, 0.3) is 0 Å². The van der Waals surface area contributed by atoms with E-state index in [4.69, 9.17) is 6.42 Å². The summed E-state index contributed by atoms with van der Waals surface area (Å²) < 4.78 is 1.85. The van der Waals surface area contributed by atoms with E-state index in [1.54, 1.807) is 0 Å². The maximum Gasteiger partial charge on any atom is 0.133 e. The summed E-state index contributed by atoms with van der Waals surface area (Å²) in [6.45, 7) is 8.75. The third-order valence-electron chi connectivity index (χ3n) is 2.90. The number of rotatable bonds is 6. The molecule has 0 aliphatic heterocycles. The minimum atomic E-state index is 0.819. The fourth-order valence-corrected chi connectivity index (χ4v) is 1.63. The first-order chi connectivity index (χ1) is 6.39. The van der Waals surface area contributed by atoms with Gasteiger partial charge >= 0.3 is 0 Å². The molecule has 2 nitrogen and oxygen atoms in total. The van der Waals surface area contributed by atoms with Crippen LogP contribution in [-0.2, 0) is 0 Å². The zero-order valence-corrected chi connectivity index (χ0v) is 10.5. The minimum Gasteiger partial charge on any atom is -0.331 e. The average molecular weight is 198 g/mol. The van der Waals surface area contributed by atoms with Crippen LogP contribution in [0.2, 0.25) is 0 Å². The van der Waals surface area contributed by atoms with Crippen molar-refractivity contribution in [2.24, 2.45) is 0 Å². The summed E-state index contributed by atoms with van der Waals surface area (Å²) in [5, 5.41) is 0. The number of hydrogen-bond donors (Lipinski definition) is 0. The Balaban J connectivity index is 4.03. The lowest BCUT2D eigenvalue weighted by atomic mass is 10.3. The van der Waals surface area contributed by atoms with Gasteiger partial charge in [0.25, 0.3) is 0 Å². The molecule has 0 rings (SSSR count). The molecule has 0 fully saturated rings. The fraction of sp³-hybridized carbons (Fsp3) is 0.833. The van der Waals surface area contributed by atoms with Gasteiger partial charge in [-0.25, -0.2) is 4.48 Å². The van der Waals surface area contributed by atoms with Crippen molar-refractivity contribution in [3.8, 4) is 12.5 Å². The van der Waals surface area contributed by atoms with Gasteiger partial charge in [-0.2, -0.15) is 0 Å². The quantitative estimate of drug-likeness (QED) is 0.448. The van der Waals surface area contributed by atoms with Crippen LogP contribution in [-0.4, -0.2) is 56.3 Å². The normalized spacial score (nSPS) is 12.6. The molecule has 0 saturated carbocycles. The Morgan fingerprint density at radius 2 is 1.50 bits per heavy atom. The van der Waals surface area contributed by atoms with Gasteiger partial charge in [-0.3, -0.25) is 0 Å². The lowest BCUT2D eigenvalue weighted by Crippen LogP contribution is -2.46. The third kappa shape index (κ3) is 4.64. The molecule has 0 bridgehead atoms. The van der Waals surface area contributed by atoms with Gasteiger partial charge in [-0.1, -0.05) is 6.42 Å². The molecule has 0 aromatic heterocycles. The van der Waals surface area contributed by atoms with Crippen LogP contribution < -0.4 is 0 Å². The molecule has 0 radical (unpaired) electrons. The van der Waals surface area contributed by atoms with Crippen LogP contribution in [0.1, 0.15) is 20.3 Å². The highest BCUT2D eigenvalue weighted by Crippen LogP contribution is 2.06. The van der Waals surface area contributed by atoms with Gasteiger partial charge in [-0.05, 0) is 13.8 Å². The van der Waals surface area contributed by atoms with Gasteiger partial charge in [0.05, 0.1) is 47.3 Å². The second-order valence-electron chi connectivity index (χ2n) is 5.00. The van der Waals surface area contributed by atoms with Crippen LogP contribution in [0.3, 0.4) is 0 Å². The van der Waals surface area contributed by atoms with Gasteiger partial charge in [0.15, 0.2) is 0 Å². The van der Waals surface area contributed by atoms with Crippen LogP contribution in [0.15, 0.2) is 0 Å². The molecule has 14 heavy (non-hydrogen) atoms. The van der Waals surface area contributed by atoms with Crippen LogP contribution in [0.5, 0.6) is 0 Å². The van der Waals surface area contributed by atoms with Gasteiger partial charge in [-0.15, -0.1) is 0 Å². The molecule has 0 saturated heterocycles. The Morgan fingerprint density at radius 1 is 1.00 bits per heavy atom. The molecule has 0 unspecified atom stereocenters. The highest BCUT2D eigenvalue weighted by molar-refractivity contribution is 4.72. The van der Waals surface area contributed by atoms with Crippen molar-refractivity contribution >= 4 is 0 Å². The van der Waals surface area contributed by atoms with Gasteiger partial charge in [0.2, 0.25) is 0 Å². The van der Waals surface area contributed by atoms with E-state index in [2.05, 4.69) is 41.0 Å². The van der Waals surface area contributed by atoms with Gasteiger partial charge in [0, 0.05) is 6.42 Å². The van der Waals surface area contributed by atoms with Crippen LogP contribution >= 0.6 is 0 Å². The highest BCUT2D eigenvalue weighted by Gasteiger charge is 2.21. The number of terminal acetylenes is 1. The Hall–Kier alpha value is -0.520.